The first kappa shape index (κ1) is 18.7. The lowest BCUT2D eigenvalue weighted by molar-refractivity contribution is 0.723. The standard InChI is InChI=1S/C24H16ClN3OS/c25-19-14-8-7-13-18(19)15-20-23(29)28-24(30-20)26-21(16-9-3-1-4-10-16)22(27-28)17-11-5-2-6-12-17/h1-15,21H. The highest BCUT2D eigenvalue weighted by molar-refractivity contribution is 7.07. The summed E-state index contributed by atoms with van der Waals surface area (Å²) in [6, 6.07) is 27.0. The van der Waals surface area contributed by atoms with Gasteiger partial charge in [0.1, 0.15) is 6.04 Å². The van der Waals surface area contributed by atoms with Crippen LogP contribution in [0.25, 0.3) is 6.08 Å². The third kappa shape index (κ3) is 3.43. The molecule has 0 saturated carbocycles. The van der Waals surface area contributed by atoms with E-state index in [1.807, 2.05) is 78.9 Å². The van der Waals surface area contributed by atoms with Crippen molar-refractivity contribution in [3.05, 3.63) is 126 Å². The van der Waals surface area contributed by atoms with Crippen LogP contribution in [0.1, 0.15) is 22.7 Å². The molecule has 0 radical (unpaired) electrons. The van der Waals surface area contributed by atoms with Crippen molar-refractivity contribution < 1.29 is 0 Å². The first-order chi connectivity index (χ1) is 14.7. The molecule has 0 fully saturated rings. The van der Waals surface area contributed by atoms with Gasteiger partial charge in [0.15, 0.2) is 0 Å². The summed E-state index contributed by atoms with van der Waals surface area (Å²) in [5, 5.41) is 5.34. The quantitative estimate of drug-likeness (QED) is 0.485. The second-order valence-electron chi connectivity index (χ2n) is 6.83. The highest BCUT2D eigenvalue weighted by Crippen LogP contribution is 2.24. The Bertz CT molecular complexity index is 1420. The predicted octanol–water partition coefficient (Wildman–Crippen LogP) is 4.02. The number of nitrogens with zero attached hydrogens (tertiary/aromatic N) is 3. The summed E-state index contributed by atoms with van der Waals surface area (Å²) in [5.74, 6) is 0. The van der Waals surface area contributed by atoms with Crippen LogP contribution in [0.4, 0.5) is 0 Å². The van der Waals surface area contributed by atoms with Crippen LogP contribution < -0.4 is 14.9 Å². The van der Waals surface area contributed by atoms with E-state index in [9.17, 15) is 4.79 Å². The van der Waals surface area contributed by atoms with Crippen LogP contribution >= 0.6 is 22.9 Å². The zero-order chi connectivity index (χ0) is 20.5. The van der Waals surface area contributed by atoms with Gasteiger partial charge in [0, 0.05) is 10.6 Å². The average molecular weight is 430 g/mol. The van der Waals surface area contributed by atoms with Gasteiger partial charge in [-0.1, -0.05) is 102 Å². The van der Waals surface area contributed by atoms with Crippen molar-refractivity contribution in [2.75, 3.05) is 0 Å². The zero-order valence-electron chi connectivity index (χ0n) is 15.8. The Labute approximate surface area is 181 Å². The molecule has 1 unspecified atom stereocenters. The van der Waals surface area contributed by atoms with E-state index < -0.39 is 0 Å². The van der Waals surface area contributed by atoms with Gasteiger partial charge >= 0.3 is 0 Å². The molecule has 0 amide bonds. The van der Waals surface area contributed by atoms with Gasteiger partial charge in [0.05, 0.1) is 10.2 Å². The second kappa shape index (κ2) is 7.86. The van der Waals surface area contributed by atoms with Gasteiger partial charge in [-0.05, 0) is 23.3 Å². The van der Waals surface area contributed by atoms with Crippen molar-refractivity contribution >= 4 is 34.7 Å². The normalized spacial score (nSPS) is 16.0. The molecule has 1 aromatic heterocycles. The van der Waals surface area contributed by atoms with Gasteiger partial charge in [0.25, 0.3) is 5.56 Å². The summed E-state index contributed by atoms with van der Waals surface area (Å²) in [5.41, 5.74) is 3.32. The number of hydrogen-bond acceptors (Lipinski definition) is 4. The van der Waals surface area contributed by atoms with Gasteiger partial charge in [-0.25, -0.2) is 4.99 Å². The van der Waals surface area contributed by atoms with Crippen molar-refractivity contribution in [1.82, 2.24) is 4.68 Å². The molecule has 0 saturated heterocycles. The Kier molecular flexibility index (Phi) is 4.91. The van der Waals surface area contributed by atoms with Crippen LogP contribution in [0.15, 0.2) is 99.8 Å². The van der Waals surface area contributed by atoms with Crippen molar-refractivity contribution in [3.8, 4) is 0 Å². The van der Waals surface area contributed by atoms with E-state index in [0.717, 1.165) is 22.4 Å². The van der Waals surface area contributed by atoms with Crippen LogP contribution in [0.5, 0.6) is 0 Å². The Morgan fingerprint density at radius 1 is 0.900 bits per heavy atom. The van der Waals surface area contributed by atoms with Crippen LogP contribution in [0, 0.1) is 0 Å². The van der Waals surface area contributed by atoms with E-state index in [2.05, 4.69) is 0 Å². The van der Waals surface area contributed by atoms with E-state index in [4.69, 9.17) is 21.7 Å². The van der Waals surface area contributed by atoms with Crippen molar-refractivity contribution in [3.63, 3.8) is 0 Å². The van der Waals surface area contributed by atoms with E-state index in [0.29, 0.717) is 14.4 Å². The molecule has 1 aliphatic heterocycles. The topological polar surface area (TPSA) is 46.7 Å². The predicted molar refractivity (Wildman–Crippen MR) is 122 cm³/mol. The molecule has 5 rings (SSSR count). The summed E-state index contributed by atoms with van der Waals surface area (Å²) < 4.78 is 1.95. The van der Waals surface area contributed by atoms with E-state index in [1.165, 1.54) is 16.0 Å². The minimum atomic E-state index is -0.278. The lowest BCUT2D eigenvalue weighted by Gasteiger charge is -2.19. The third-order valence-electron chi connectivity index (χ3n) is 4.87. The fourth-order valence-electron chi connectivity index (χ4n) is 3.40. The van der Waals surface area contributed by atoms with Gasteiger partial charge in [0.2, 0.25) is 4.80 Å². The number of benzene rings is 3. The van der Waals surface area contributed by atoms with Crippen LogP contribution in [-0.4, -0.2) is 10.4 Å². The molecule has 30 heavy (non-hydrogen) atoms. The second-order valence-corrected chi connectivity index (χ2v) is 8.24. The van der Waals surface area contributed by atoms with Crippen molar-refractivity contribution in [2.45, 2.75) is 6.04 Å². The fourth-order valence-corrected chi connectivity index (χ4v) is 4.51. The summed E-state index contributed by atoms with van der Waals surface area (Å²) >= 11 is 7.60. The Morgan fingerprint density at radius 2 is 1.57 bits per heavy atom. The molecule has 0 spiro atoms. The smallest absolute Gasteiger partial charge is 0.266 e. The number of halogens is 1. The highest BCUT2D eigenvalue weighted by atomic mass is 35.5. The van der Waals surface area contributed by atoms with Gasteiger partial charge in [-0.15, -0.1) is 0 Å². The molecule has 3 aromatic carbocycles. The van der Waals surface area contributed by atoms with Gasteiger partial charge < -0.3 is 0 Å². The van der Waals surface area contributed by atoms with Gasteiger partial charge in [-0.2, -0.15) is 9.78 Å². The molecule has 1 atom stereocenters. The number of rotatable bonds is 3. The number of hydrogen-bond donors (Lipinski definition) is 0. The molecule has 4 aromatic rings. The third-order valence-corrected chi connectivity index (χ3v) is 6.19. The van der Waals surface area contributed by atoms with Crippen molar-refractivity contribution in [2.24, 2.45) is 10.1 Å². The molecule has 2 heterocycles. The highest BCUT2D eigenvalue weighted by Gasteiger charge is 2.24. The SMILES string of the molecule is O=c1c(=Cc2ccccc2Cl)sc2n1N=C(c1ccccc1)C(c1ccccc1)N=2. The Hall–Kier alpha value is -3.28. The maximum Gasteiger partial charge on any atom is 0.291 e. The maximum atomic E-state index is 13.1. The minimum Gasteiger partial charge on any atom is -0.266 e. The largest absolute Gasteiger partial charge is 0.291 e. The lowest BCUT2D eigenvalue weighted by atomic mass is 9.97. The minimum absolute atomic E-state index is 0.196. The molecule has 146 valence electrons. The van der Waals surface area contributed by atoms with Crippen LogP contribution in [0.3, 0.4) is 0 Å². The molecular weight excluding hydrogens is 414 g/mol. The van der Waals surface area contributed by atoms with E-state index in [1.54, 1.807) is 12.1 Å². The lowest BCUT2D eigenvalue weighted by Crippen LogP contribution is -2.34. The summed E-state index contributed by atoms with van der Waals surface area (Å²) in [7, 11) is 0. The molecule has 0 bridgehead atoms. The van der Waals surface area contributed by atoms with E-state index in [-0.39, 0.29) is 11.6 Å². The first-order valence-electron chi connectivity index (χ1n) is 9.46. The number of thiazole rings is 1. The average Bonchev–Trinajstić information content (AvgIpc) is 3.10. The van der Waals surface area contributed by atoms with Crippen LogP contribution in [-0.2, 0) is 0 Å². The zero-order valence-corrected chi connectivity index (χ0v) is 17.3. The molecule has 0 aliphatic carbocycles. The maximum absolute atomic E-state index is 13.1. The van der Waals surface area contributed by atoms with Gasteiger partial charge in [-0.3, -0.25) is 4.79 Å². The summed E-state index contributed by atoms with van der Waals surface area (Å²) in [6.07, 6.45) is 1.80. The first-order valence-corrected chi connectivity index (χ1v) is 10.7. The monoisotopic (exact) mass is 429 g/mol. The fraction of sp³-hybridized carbons (Fsp3) is 0.0417. The Balaban J connectivity index is 1.73. The van der Waals surface area contributed by atoms with E-state index >= 15 is 0 Å². The number of fused-ring (bicyclic) bond motifs is 1. The molecular formula is C24H16ClN3OS. The molecule has 0 N–H and O–H groups in total. The Morgan fingerprint density at radius 3 is 2.30 bits per heavy atom. The summed E-state index contributed by atoms with van der Waals surface area (Å²) in [4.78, 5) is 18.6. The molecule has 1 aliphatic rings. The summed E-state index contributed by atoms with van der Waals surface area (Å²) in [6.45, 7) is 0. The molecule has 4 nitrogen and oxygen atoms in total. The van der Waals surface area contributed by atoms with Crippen molar-refractivity contribution in [1.29, 1.82) is 0 Å². The van der Waals surface area contributed by atoms with Crippen LogP contribution in [0.2, 0.25) is 5.02 Å². The number of aromatic nitrogens is 1. The molecule has 6 heteroatoms.